The maximum Gasteiger partial charge on any atom is 0.135 e. The van der Waals surface area contributed by atoms with Gasteiger partial charge in [0, 0.05) is 37.9 Å². The smallest absolute Gasteiger partial charge is 0.135 e. The fraction of sp³-hybridized carbons (Fsp3) is 0.643. The summed E-state index contributed by atoms with van der Waals surface area (Å²) in [5.41, 5.74) is 8.11. The van der Waals surface area contributed by atoms with E-state index in [9.17, 15) is 0 Å². The Morgan fingerprint density at radius 3 is 2.90 bits per heavy atom. The number of rotatable bonds is 7. The van der Waals surface area contributed by atoms with Crippen molar-refractivity contribution in [1.82, 2.24) is 9.97 Å². The van der Waals surface area contributed by atoms with E-state index in [-0.39, 0.29) is 0 Å². The molecule has 0 unspecified atom stereocenters. The molecule has 0 saturated heterocycles. The minimum atomic E-state index is 0.537. The highest BCUT2D eigenvalue weighted by Crippen LogP contribution is 2.27. The normalized spacial score (nSPS) is 13.8. The molecule has 1 aromatic heterocycles. The Labute approximate surface area is 125 Å². The summed E-state index contributed by atoms with van der Waals surface area (Å²) in [7, 11) is 1.71. The quantitative estimate of drug-likeness (QED) is 0.769. The number of hydrogen-bond acceptors (Lipinski definition) is 5. The Hall–Kier alpha value is -1.27. The van der Waals surface area contributed by atoms with Gasteiger partial charge in [-0.1, -0.05) is 12.2 Å². The van der Waals surface area contributed by atoms with Crippen molar-refractivity contribution in [2.75, 3.05) is 31.7 Å². The van der Waals surface area contributed by atoms with Crippen LogP contribution in [0.15, 0.2) is 6.33 Å². The third-order valence-corrected chi connectivity index (χ3v) is 3.80. The molecule has 1 heterocycles. The maximum absolute atomic E-state index is 5.63. The first kappa shape index (κ1) is 15.1. The van der Waals surface area contributed by atoms with Crippen molar-refractivity contribution < 1.29 is 4.74 Å². The molecule has 5 nitrogen and oxygen atoms in total. The lowest BCUT2D eigenvalue weighted by molar-refractivity contribution is 0.205. The van der Waals surface area contributed by atoms with E-state index in [4.69, 9.17) is 22.7 Å². The van der Waals surface area contributed by atoms with Crippen molar-refractivity contribution in [2.45, 2.75) is 32.1 Å². The van der Waals surface area contributed by atoms with Crippen molar-refractivity contribution in [3.05, 3.63) is 17.6 Å². The lowest BCUT2D eigenvalue weighted by atomic mass is 9.96. The Morgan fingerprint density at radius 2 is 2.15 bits per heavy atom. The molecule has 0 fully saturated rings. The van der Waals surface area contributed by atoms with E-state index in [2.05, 4.69) is 14.9 Å². The second-order valence-electron chi connectivity index (χ2n) is 5.03. The van der Waals surface area contributed by atoms with Gasteiger partial charge >= 0.3 is 0 Å². The van der Waals surface area contributed by atoms with Crippen LogP contribution in [0.3, 0.4) is 0 Å². The van der Waals surface area contributed by atoms with Gasteiger partial charge in [-0.25, -0.2) is 9.97 Å². The molecule has 2 N–H and O–H groups in total. The van der Waals surface area contributed by atoms with Crippen LogP contribution >= 0.6 is 12.2 Å². The number of anilines is 1. The van der Waals surface area contributed by atoms with Gasteiger partial charge in [0.1, 0.15) is 12.1 Å². The molecule has 1 aliphatic carbocycles. The molecule has 20 heavy (non-hydrogen) atoms. The molecule has 0 bridgehead atoms. The Kier molecular flexibility index (Phi) is 5.67. The topological polar surface area (TPSA) is 64.3 Å². The lowest BCUT2D eigenvalue weighted by Gasteiger charge is -2.27. The van der Waals surface area contributed by atoms with Gasteiger partial charge in [-0.3, -0.25) is 0 Å². The molecule has 0 saturated carbocycles. The fourth-order valence-corrected chi connectivity index (χ4v) is 2.64. The highest BCUT2D eigenvalue weighted by Gasteiger charge is 2.19. The first-order valence-electron chi connectivity index (χ1n) is 7.07. The van der Waals surface area contributed by atoms with Crippen LogP contribution in [0.1, 0.15) is 30.5 Å². The monoisotopic (exact) mass is 294 g/mol. The van der Waals surface area contributed by atoms with Crippen LogP contribution in [0.4, 0.5) is 5.82 Å². The highest BCUT2D eigenvalue weighted by atomic mass is 32.1. The van der Waals surface area contributed by atoms with Crippen LogP contribution in [0.2, 0.25) is 0 Å². The molecule has 0 spiro atoms. The lowest BCUT2D eigenvalue weighted by Crippen LogP contribution is -2.33. The third kappa shape index (κ3) is 3.86. The minimum absolute atomic E-state index is 0.537. The number of ether oxygens (including phenoxy) is 1. The van der Waals surface area contributed by atoms with Crippen molar-refractivity contribution in [3.63, 3.8) is 0 Å². The van der Waals surface area contributed by atoms with Crippen LogP contribution in [0, 0.1) is 0 Å². The zero-order valence-corrected chi connectivity index (χ0v) is 12.8. The molecule has 1 aliphatic rings. The van der Waals surface area contributed by atoms with Crippen molar-refractivity contribution in [3.8, 4) is 0 Å². The van der Waals surface area contributed by atoms with E-state index in [0.29, 0.717) is 18.0 Å². The van der Waals surface area contributed by atoms with E-state index >= 15 is 0 Å². The van der Waals surface area contributed by atoms with Gasteiger partial charge in [-0.15, -0.1) is 0 Å². The molecule has 0 amide bonds. The Morgan fingerprint density at radius 1 is 1.35 bits per heavy atom. The van der Waals surface area contributed by atoms with Crippen molar-refractivity contribution >= 4 is 23.0 Å². The van der Waals surface area contributed by atoms with E-state index in [1.54, 1.807) is 13.4 Å². The summed E-state index contributed by atoms with van der Waals surface area (Å²) in [6.07, 6.45) is 6.90. The molecule has 0 radical (unpaired) electrons. The maximum atomic E-state index is 5.63. The predicted molar refractivity (Wildman–Crippen MR) is 84.2 cm³/mol. The summed E-state index contributed by atoms with van der Waals surface area (Å²) in [6.45, 7) is 2.24. The number of fused-ring (bicyclic) bond motifs is 1. The largest absolute Gasteiger partial charge is 0.393 e. The van der Waals surface area contributed by atoms with Crippen molar-refractivity contribution in [2.24, 2.45) is 5.73 Å². The summed E-state index contributed by atoms with van der Waals surface area (Å²) < 4.78 is 5.20. The number of methoxy groups -OCH3 is 1. The molecule has 110 valence electrons. The molecular formula is C14H22N4OS. The van der Waals surface area contributed by atoms with E-state index in [1.165, 1.54) is 24.1 Å². The second kappa shape index (κ2) is 7.50. The molecule has 0 aliphatic heterocycles. The SMILES string of the molecule is COCCN(CCC(N)=S)c1ncnc2c1CCCC2. The highest BCUT2D eigenvalue weighted by molar-refractivity contribution is 7.80. The fourth-order valence-electron chi connectivity index (χ4n) is 2.55. The first-order valence-corrected chi connectivity index (χ1v) is 7.48. The summed E-state index contributed by atoms with van der Waals surface area (Å²) in [5.74, 6) is 1.03. The van der Waals surface area contributed by atoms with Crippen LogP contribution < -0.4 is 10.6 Å². The number of aryl methyl sites for hydroxylation is 1. The Bertz CT molecular complexity index is 466. The predicted octanol–water partition coefficient (Wildman–Crippen LogP) is 1.48. The number of nitrogens with zero attached hydrogens (tertiary/aromatic N) is 3. The van der Waals surface area contributed by atoms with Gasteiger partial charge in [0.2, 0.25) is 0 Å². The summed E-state index contributed by atoms with van der Waals surface area (Å²) in [4.78, 5) is 11.7. The van der Waals surface area contributed by atoms with E-state index in [0.717, 1.165) is 31.7 Å². The van der Waals surface area contributed by atoms with Gasteiger partial charge < -0.3 is 15.4 Å². The van der Waals surface area contributed by atoms with E-state index < -0.39 is 0 Å². The van der Waals surface area contributed by atoms with E-state index in [1.807, 2.05) is 0 Å². The van der Waals surface area contributed by atoms with Gasteiger partial charge in [-0.05, 0) is 25.7 Å². The minimum Gasteiger partial charge on any atom is -0.393 e. The standard InChI is InChI=1S/C14H22N4OS/c1-19-9-8-18(7-6-13(15)20)14-11-4-2-3-5-12(11)16-10-17-14/h10H,2-9H2,1H3,(H2,15,20). The number of hydrogen-bond donors (Lipinski definition) is 1. The first-order chi connectivity index (χ1) is 9.72. The summed E-state index contributed by atoms with van der Waals surface area (Å²) in [6, 6.07) is 0. The van der Waals surface area contributed by atoms with Gasteiger partial charge in [-0.2, -0.15) is 0 Å². The summed E-state index contributed by atoms with van der Waals surface area (Å²) >= 11 is 4.98. The second-order valence-corrected chi connectivity index (χ2v) is 5.55. The van der Waals surface area contributed by atoms with Gasteiger partial charge in [0.05, 0.1) is 11.6 Å². The molecule has 0 aromatic carbocycles. The average molecular weight is 294 g/mol. The van der Waals surface area contributed by atoms with Gasteiger partial charge in [0.15, 0.2) is 0 Å². The number of aromatic nitrogens is 2. The zero-order chi connectivity index (χ0) is 14.4. The molecule has 0 atom stereocenters. The van der Waals surface area contributed by atoms with Crippen LogP contribution in [-0.2, 0) is 17.6 Å². The molecule has 2 rings (SSSR count). The Balaban J connectivity index is 2.20. The van der Waals surface area contributed by atoms with Crippen LogP contribution in [0.5, 0.6) is 0 Å². The molecule has 1 aromatic rings. The van der Waals surface area contributed by atoms with Gasteiger partial charge in [0.25, 0.3) is 0 Å². The third-order valence-electron chi connectivity index (χ3n) is 3.60. The zero-order valence-electron chi connectivity index (χ0n) is 12.0. The average Bonchev–Trinajstić information content (AvgIpc) is 2.47. The van der Waals surface area contributed by atoms with Crippen LogP contribution in [0.25, 0.3) is 0 Å². The molecular weight excluding hydrogens is 272 g/mol. The van der Waals surface area contributed by atoms with Crippen LogP contribution in [-0.4, -0.2) is 41.8 Å². The number of thiocarbonyl (C=S) groups is 1. The van der Waals surface area contributed by atoms with Crippen molar-refractivity contribution in [1.29, 1.82) is 0 Å². The molecule has 6 heteroatoms. The number of nitrogens with two attached hydrogens (primary N) is 1. The summed E-state index contributed by atoms with van der Waals surface area (Å²) in [5, 5.41) is 0.